The maximum absolute atomic E-state index is 13.4. The van der Waals surface area contributed by atoms with Crippen LogP contribution in [0, 0.1) is 5.82 Å². The minimum atomic E-state index is -0.228. The van der Waals surface area contributed by atoms with E-state index in [1.165, 1.54) is 6.07 Å². The first-order valence-electron chi connectivity index (χ1n) is 7.02. The van der Waals surface area contributed by atoms with Gasteiger partial charge in [0.1, 0.15) is 11.6 Å². The molecule has 3 aromatic rings. The van der Waals surface area contributed by atoms with Crippen molar-refractivity contribution in [3.8, 4) is 5.75 Å². The molecule has 3 N–H and O–H groups in total. The molecule has 114 valence electrons. The molecule has 0 saturated heterocycles. The number of hydrogen-bond acceptors (Lipinski definition) is 3. The van der Waals surface area contributed by atoms with Gasteiger partial charge in [-0.2, -0.15) is 0 Å². The molecule has 0 radical (unpaired) electrons. The molecule has 0 unspecified atom stereocenters. The van der Waals surface area contributed by atoms with Gasteiger partial charge in [0.2, 0.25) is 0 Å². The molecule has 0 spiro atoms. The standard InChI is InChI=1S/C17H17FN2OS/c1-21-13-3-4-15-14(9-13)17(10-20-15)22-16-5-2-12(18)8-11(16)6-7-19/h2-5,8-10,20H,6-7,19H2,1H3. The number of ether oxygens (including phenoxy) is 1. The van der Waals surface area contributed by atoms with E-state index >= 15 is 0 Å². The number of halogens is 1. The molecular formula is C17H17FN2OS. The van der Waals surface area contributed by atoms with Crippen LogP contribution in [0.3, 0.4) is 0 Å². The summed E-state index contributed by atoms with van der Waals surface area (Å²) in [6.45, 7) is 0.499. The molecule has 22 heavy (non-hydrogen) atoms. The molecule has 1 aromatic heterocycles. The first-order chi connectivity index (χ1) is 10.7. The van der Waals surface area contributed by atoms with Crippen molar-refractivity contribution >= 4 is 22.7 Å². The molecule has 0 saturated carbocycles. The Morgan fingerprint density at radius 3 is 2.82 bits per heavy atom. The number of fused-ring (bicyclic) bond motifs is 1. The Morgan fingerprint density at radius 2 is 2.05 bits per heavy atom. The Balaban J connectivity index is 1.99. The normalized spacial score (nSPS) is 11.0. The van der Waals surface area contributed by atoms with Gasteiger partial charge in [-0.25, -0.2) is 4.39 Å². The Bertz CT molecular complexity index is 800. The van der Waals surface area contributed by atoms with Crippen molar-refractivity contribution in [1.82, 2.24) is 4.98 Å². The second kappa shape index (κ2) is 6.42. The lowest BCUT2D eigenvalue weighted by Gasteiger charge is -2.08. The summed E-state index contributed by atoms with van der Waals surface area (Å²) in [6, 6.07) is 10.8. The predicted molar refractivity (Wildman–Crippen MR) is 88.1 cm³/mol. The molecule has 0 fully saturated rings. The van der Waals surface area contributed by atoms with E-state index in [2.05, 4.69) is 4.98 Å². The fraction of sp³-hybridized carbons (Fsp3) is 0.176. The predicted octanol–water partition coefficient (Wildman–Crippen LogP) is 3.97. The van der Waals surface area contributed by atoms with E-state index in [0.29, 0.717) is 13.0 Å². The smallest absolute Gasteiger partial charge is 0.123 e. The van der Waals surface area contributed by atoms with Crippen LogP contribution in [0.2, 0.25) is 0 Å². The molecule has 5 heteroatoms. The number of benzene rings is 2. The number of aromatic amines is 1. The van der Waals surface area contributed by atoms with E-state index < -0.39 is 0 Å². The average Bonchev–Trinajstić information content (AvgIpc) is 2.92. The first kappa shape index (κ1) is 14.9. The van der Waals surface area contributed by atoms with Gasteiger partial charge in [-0.3, -0.25) is 0 Å². The number of rotatable bonds is 5. The van der Waals surface area contributed by atoms with Crippen molar-refractivity contribution in [1.29, 1.82) is 0 Å². The minimum absolute atomic E-state index is 0.228. The zero-order valence-corrected chi connectivity index (χ0v) is 13.0. The monoisotopic (exact) mass is 316 g/mol. The summed E-state index contributed by atoms with van der Waals surface area (Å²) in [5, 5.41) is 1.09. The second-order valence-electron chi connectivity index (χ2n) is 4.96. The Morgan fingerprint density at radius 1 is 1.18 bits per heavy atom. The fourth-order valence-electron chi connectivity index (χ4n) is 2.40. The van der Waals surface area contributed by atoms with Crippen LogP contribution >= 0.6 is 11.8 Å². The molecule has 0 aliphatic heterocycles. The Kier molecular flexibility index (Phi) is 4.36. The molecule has 2 aromatic carbocycles. The van der Waals surface area contributed by atoms with E-state index in [1.54, 1.807) is 24.9 Å². The number of nitrogens with two attached hydrogens (primary N) is 1. The van der Waals surface area contributed by atoms with Gasteiger partial charge in [-0.1, -0.05) is 11.8 Å². The van der Waals surface area contributed by atoms with Gasteiger partial charge in [0.25, 0.3) is 0 Å². The highest BCUT2D eigenvalue weighted by atomic mass is 32.2. The van der Waals surface area contributed by atoms with E-state index in [4.69, 9.17) is 10.5 Å². The van der Waals surface area contributed by atoms with E-state index in [-0.39, 0.29) is 5.82 Å². The topological polar surface area (TPSA) is 51.0 Å². The number of hydrogen-bond donors (Lipinski definition) is 2. The molecule has 3 rings (SSSR count). The summed E-state index contributed by atoms with van der Waals surface area (Å²) in [5.74, 6) is 0.587. The molecule has 0 aliphatic carbocycles. The highest BCUT2D eigenvalue weighted by Gasteiger charge is 2.10. The Labute approximate surface area is 132 Å². The fourth-order valence-corrected chi connectivity index (χ4v) is 3.46. The third-order valence-corrected chi connectivity index (χ3v) is 4.68. The van der Waals surface area contributed by atoms with Crippen LogP contribution in [-0.2, 0) is 6.42 Å². The third kappa shape index (κ3) is 2.96. The van der Waals surface area contributed by atoms with Crippen molar-refractivity contribution in [2.24, 2.45) is 5.73 Å². The van der Waals surface area contributed by atoms with Crippen LogP contribution in [0.25, 0.3) is 10.9 Å². The third-order valence-electron chi connectivity index (χ3n) is 3.51. The van der Waals surface area contributed by atoms with Gasteiger partial charge >= 0.3 is 0 Å². The van der Waals surface area contributed by atoms with Crippen LogP contribution in [-0.4, -0.2) is 18.6 Å². The van der Waals surface area contributed by atoms with Crippen molar-refractivity contribution in [3.05, 3.63) is 54.0 Å². The SMILES string of the molecule is COc1ccc2[nH]cc(Sc3ccc(F)cc3CCN)c2c1. The molecule has 0 atom stereocenters. The van der Waals surface area contributed by atoms with Gasteiger partial charge < -0.3 is 15.5 Å². The van der Waals surface area contributed by atoms with Crippen molar-refractivity contribution in [2.45, 2.75) is 16.2 Å². The molecular weight excluding hydrogens is 299 g/mol. The minimum Gasteiger partial charge on any atom is -0.497 e. The van der Waals surface area contributed by atoms with Crippen LogP contribution in [0.5, 0.6) is 5.75 Å². The summed E-state index contributed by atoms with van der Waals surface area (Å²) < 4.78 is 18.7. The highest BCUT2D eigenvalue weighted by Crippen LogP contribution is 2.37. The van der Waals surface area contributed by atoms with Crippen molar-refractivity contribution in [2.75, 3.05) is 13.7 Å². The average molecular weight is 316 g/mol. The number of H-pyrrole nitrogens is 1. The second-order valence-corrected chi connectivity index (χ2v) is 6.04. The molecule has 0 bridgehead atoms. The van der Waals surface area contributed by atoms with E-state index in [0.717, 1.165) is 32.0 Å². The van der Waals surface area contributed by atoms with Crippen LogP contribution < -0.4 is 10.5 Å². The summed E-state index contributed by atoms with van der Waals surface area (Å²) in [5.41, 5.74) is 7.61. The van der Waals surface area contributed by atoms with Gasteiger partial charge in [-0.15, -0.1) is 0 Å². The Hall–Kier alpha value is -1.98. The van der Waals surface area contributed by atoms with Gasteiger partial charge in [0, 0.05) is 26.9 Å². The maximum Gasteiger partial charge on any atom is 0.123 e. The first-order valence-corrected chi connectivity index (χ1v) is 7.84. The molecule has 0 amide bonds. The summed E-state index contributed by atoms with van der Waals surface area (Å²) >= 11 is 1.61. The van der Waals surface area contributed by atoms with Gasteiger partial charge in [0.15, 0.2) is 0 Å². The van der Waals surface area contributed by atoms with Crippen LogP contribution in [0.1, 0.15) is 5.56 Å². The lowest BCUT2D eigenvalue weighted by molar-refractivity contribution is 0.415. The zero-order valence-electron chi connectivity index (χ0n) is 12.2. The van der Waals surface area contributed by atoms with Crippen LogP contribution in [0.4, 0.5) is 4.39 Å². The summed E-state index contributed by atoms with van der Waals surface area (Å²) in [7, 11) is 1.65. The van der Waals surface area contributed by atoms with Crippen molar-refractivity contribution < 1.29 is 9.13 Å². The van der Waals surface area contributed by atoms with E-state index in [9.17, 15) is 4.39 Å². The van der Waals surface area contributed by atoms with E-state index in [1.807, 2.05) is 30.5 Å². The van der Waals surface area contributed by atoms with Gasteiger partial charge in [0.05, 0.1) is 7.11 Å². The quantitative estimate of drug-likeness (QED) is 0.749. The number of methoxy groups -OCH3 is 1. The number of aromatic nitrogens is 1. The lowest BCUT2D eigenvalue weighted by atomic mass is 10.1. The zero-order chi connectivity index (χ0) is 15.5. The maximum atomic E-state index is 13.4. The summed E-state index contributed by atoms with van der Waals surface area (Å²) in [6.07, 6.45) is 2.62. The number of nitrogens with one attached hydrogen (secondary N) is 1. The molecule has 0 aliphatic rings. The van der Waals surface area contributed by atoms with Crippen molar-refractivity contribution in [3.63, 3.8) is 0 Å². The van der Waals surface area contributed by atoms with Gasteiger partial charge in [-0.05, 0) is 54.9 Å². The van der Waals surface area contributed by atoms with Crippen LogP contribution in [0.15, 0.2) is 52.4 Å². The molecule has 1 heterocycles. The lowest BCUT2D eigenvalue weighted by Crippen LogP contribution is -2.04. The largest absolute Gasteiger partial charge is 0.497 e. The highest BCUT2D eigenvalue weighted by molar-refractivity contribution is 7.99. The molecule has 3 nitrogen and oxygen atoms in total. The summed E-state index contributed by atoms with van der Waals surface area (Å²) in [4.78, 5) is 5.35.